The molecule has 34 heavy (non-hydrogen) atoms. The minimum absolute atomic E-state index is 0.0408. The molecule has 8 heteroatoms. The molecule has 0 amide bonds. The first-order valence-electron chi connectivity index (χ1n) is 11.6. The number of aryl methyl sites for hydroxylation is 1. The van der Waals surface area contributed by atoms with E-state index >= 15 is 0 Å². The molecule has 0 spiro atoms. The maximum atomic E-state index is 13.3. The third-order valence-corrected chi connectivity index (χ3v) is 7.08. The monoisotopic (exact) mass is 470 g/mol. The normalized spacial score (nSPS) is 13.8. The fourth-order valence-corrected chi connectivity index (χ4v) is 5.32. The minimum Gasteiger partial charge on any atom is -0.346 e. The van der Waals surface area contributed by atoms with E-state index in [1.807, 2.05) is 65.4 Å². The minimum atomic E-state index is 0.0408. The quantitative estimate of drug-likeness (QED) is 0.263. The summed E-state index contributed by atoms with van der Waals surface area (Å²) in [5, 5.41) is 19.6. The van der Waals surface area contributed by atoms with E-state index in [9.17, 15) is 4.79 Å². The van der Waals surface area contributed by atoms with E-state index in [-0.39, 0.29) is 11.5 Å². The van der Waals surface area contributed by atoms with Gasteiger partial charge < -0.3 is 9.47 Å². The van der Waals surface area contributed by atoms with Gasteiger partial charge in [-0.05, 0) is 37.5 Å². The summed E-state index contributed by atoms with van der Waals surface area (Å²) >= 11 is 1.42. The van der Waals surface area contributed by atoms with E-state index in [0.29, 0.717) is 23.7 Å². The second-order valence-corrected chi connectivity index (χ2v) is 9.32. The number of aromatic nitrogens is 4. The highest BCUT2D eigenvalue weighted by molar-refractivity contribution is 7.99. The van der Waals surface area contributed by atoms with E-state index in [0.717, 1.165) is 48.5 Å². The molecule has 0 bridgehead atoms. The van der Waals surface area contributed by atoms with Gasteiger partial charge in [0, 0.05) is 42.3 Å². The van der Waals surface area contributed by atoms with Crippen LogP contribution < -0.4 is 4.90 Å². The van der Waals surface area contributed by atoms with Crippen molar-refractivity contribution in [2.45, 2.75) is 37.4 Å². The number of Topliss-reactive ketones (excluding diaryl/α,β-unsaturated/α-hetero) is 1. The van der Waals surface area contributed by atoms with E-state index in [1.165, 1.54) is 18.2 Å². The topological polar surface area (TPSA) is 79.7 Å². The lowest BCUT2D eigenvalue weighted by Crippen LogP contribution is -2.31. The SMILES string of the molecule is N#CCCn1cc(C(=O)CSc2nnc(N3CCCCC3)n2-c2ccccc2)c2ccccc21. The molecule has 2 aromatic heterocycles. The van der Waals surface area contributed by atoms with Crippen molar-refractivity contribution in [3.63, 3.8) is 0 Å². The van der Waals surface area contributed by atoms with Crippen molar-refractivity contribution in [3.8, 4) is 11.8 Å². The molecular formula is C26H26N6OS. The zero-order chi connectivity index (χ0) is 23.3. The van der Waals surface area contributed by atoms with Gasteiger partial charge in [0.15, 0.2) is 10.9 Å². The fourth-order valence-electron chi connectivity index (χ4n) is 4.49. The molecule has 1 fully saturated rings. The second kappa shape index (κ2) is 10.1. The van der Waals surface area contributed by atoms with Gasteiger partial charge in [0.25, 0.3) is 0 Å². The fraction of sp³-hybridized carbons (Fsp3) is 0.308. The number of ketones is 1. The van der Waals surface area contributed by atoms with Crippen molar-refractivity contribution < 1.29 is 4.79 Å². The molecule has 3 heterocycles. The lowest BCUT2D eigenvalue weighted by molar-refractivity contribution is 0.102. The molecule has 0 atom stereocenters. The van der Waals surface area contributed by atoms with Crippen LogP contribution in [0.1, 0.15) is 36.0 Å². The van der Waals surface area contributed by atoms with Crippen LogP contribution in [0.2, 0.25) is 0 Å². The van der Waals surface area contributed by atoms with Gasteiger partial charge in [0.2, 0.25) is 5.95 Å². The third kappa shape index (κ3) is 4.44. The van der Waals surface area contributed by atoms with Gasteiger partial charge in [0.05, 0.1) is 23.9 Å². The van der Waals surface area contributed by atoms with Crippen molar-refractivity contribution in [1.82, 2.24) is 19.3 Å². The van der Waals surface area contributed by atoms with Gasteiger partial charge in [-0.2, -0.15) is 5.26 Å². The molecule has 0 radical (unpaired) electrons. The molecule has 1 aliphatic rings. The molecule has 4 aromatic rings. The summed E-state index contributed by atoms with van der Waals surface area (Å²) in [4.78, 5) is 15.6. The van der Waals surface area contributed by atoms with Crippen LogP contribution in [0.15, 0.2) is 66.0 Å². The molecule has 1 saturated heterocycles. The number of nitrogens with zero attached hydrogens (tertiary/aromatic N) is 6. The molecule has 5 rings (SSSR count). The number of hydrogen-bond acceptors (Lipinski definition) is 6. The first-order chi connectivity index (χ1) is 16.8. The number of fused-ring (bicyclic) bond motifs is 1. The Labute approximate surface area is 203 Å². The predicted octanol–water partition coefficient (Wildman–Crippen LogP) is 5.10. The number of anilines is 1. The number of piperidine rings is 1. The van der Waals surface area contributed by atoms with Gasteiger partial charge in [-0.1, -0.05) is 48.2 Å². The predicted molar refractivity (Wildman–Crippen MR) is 135 cm³/mol. The molecular weight excluding hydrogens is 444 g/mol. The largest absolute Gasteiger partial charge is 0.346 e. The summed E-state index contributed by atoms with van der Waals surface area (Å²) in [5.74, 6) is 1.14. The number of hydrogen-bond donors (Lipinski definition) is 0. The Kier molecular flexibility index (Phi) is 6.63. The molecule has 0 N–H and O–H groups in total. The number of carbonyl (C=O) groups excluding carboxylic acids is 1. The van der Waals surface area contributed by atoms with Crippen LogP contribution in [0.4, 0.5) is 5.95 Å². The molecule has 0 unspecified atom stereocenters. The standard InChI is InChI=1S/C26H26N6OS/c27-14-9-17-31-18-22(21-12-5-6-13-23(21)31)24(33)19-34-26-29-28-25(30-15-7-2-8-16-30)32(26)20-10-3-1-4-11-20/h1,3-6,10-13,18H,2,7-9,15-17,19H2. The van der Waals surface area contributed by atoms with Crippen LogP contribution in [0, 0.1) is 11.3 Å². The van der Waals surface area contributed by atoms with E-state index in [4.69, 9.17) is 5.26 Å². The number of rotatable bonds is 8. The molecule has 7 nitrogen and oxygen atoms in total. The highest BCUT2D eigenvalue weighted by atomic mass is 32.2. The Morgan fingerprint density at radius 2 is 1.76 bits per heavy atom. The average molecular weight is 471 g/mol. The molecule has 1 aliphatic heterocycles. The Morgan fingerprint density at radius 1 is 1.00 bits per heavy atom. The number of benzene rings is 2. The van der Waals surface area contributed by atoms with Gasteiger partial charge >= 0.3 is 0 Å². The molecule has 2 aromatic carbocycles. The van der Waals surface area contributed by atoms with Crippen molar-refractivity contribution in [2.24, 2.45) is 0 Å². The first-order valence-corrected chi connectivity index (χ1v) is 12.6. The number of nitriles is 1. The number of para-hydroxylation sites is 2. The van der Waals surface area contributed by atoms with Gasteiger partial charge in [-0.25, -0.2) is 0 Å². The van der Waals surface area contributed by atoms with E-state index in [2.05, 4.69) is 25.7 Å². The maximum absolute atomic E-state index is 13.3. The van der Waals surface area contributed by atoms with Crippen molar-refractivity contribution in [2.75, 3.05) is 23.7 Å². The van der Waals surface area contributed by atoms with Crippen LogP contribution in [-0.4, -0.2) is 44.0 Å². The zero-order valence-electron chi connectivity index (χ0n) is 18.9. The van der Waals surface area contributed by atoms with Crippen LogP contribution in [-0.2, 0) is 6.54 Å². The van der Waals surface area contributed by atoms with Gasteiger partial charge in [-0.3, -0.25) is 9.36 Å². The third-order valence-electron chi connectivity index (χ3n) is 6.16. The summed E-state index contributed by atoms with van der Waals surface area (Å²) in [6.45, 7) is 2.51. The summed E-state index contributed by atoms with van der Waals surface area (Å²) in [6, 6.07) is 20.1. The van der Waals surface area contributed by atoms with Gasteiger partial charge in [-0.15, -0.1) is 10.2 Å². The lowest BCUT2D eigenvalue weighted by Gasteiger charge is -2.27. The first kappa shape index (κ1) is 22.2. The van der Waals surface area contributed by atoms with Crippen molar-refractivity contribution in [1.29, 1.82) is 5.26 Å². The Morgan fingerprint density at radius 3 is 2.56 bits per heavy atom. The number of carbonyl (C=O) groups is 1. The molecule has 172 valence electrons. The Bertz CT molecular complexity index is 1330. The van der Waals surface area contributed by atoms with Crippen LogP contribution in [0.25, 0.3) is 16.6 Å². The molecule has 0 aliphatic carbocycles. The van der Waals surface area contributed by atoms with E-state index < -0.39 is 0 Å². The summed E-state index contributed by atoms with van der Waals surface area (Å²) in [6.07, 6.45) is 5.83. The van der Waals surface area contributed by atoms with Crippen LogP contribution >= 0.6 is 11.8 Å². The lowest BCUT2D eigenvalue weighted by atomic mass is 10.1. The second-order valence-electron chi connectivity index (χ2n) is 8.37. The Hall–Kier alpha value is -3.57. The zero-order valence-corrected chi connectivity index (χ0v) is 19.7. The van der Waals surface area contributed by atoms with Crippen LogP contribution in [0.3, 0.4) is 0 Å². The smallest absolute Gasteiger partial charge is 0.232 e. The maximum Gasteiger partial charge on any atom is 0.232 e. The van der Waals surface area contributed by atoms with Crippen LogP contribution in [0.5, 0.6) is 0 Å². The molecule has 0 saturated carbocycles. The highest BCUT2D eigenvalue weighted by Crippen LogP contribution is 2.30. The van der Waals surface area contributed by atoms with Crippen molar-refractivity contribution >= 4 is 34.4 Å². The van der Waals surface area contributed by atoms with Gasteiger partial charge in [0.1, 0.15) is 0 Å². The Balaban J connectivity index is 1.42. The number of thioether (sulfide) groups is 1. The summed E-state index contributed by atoms with van der Waals surface area (Å²) in [5.41, 5.74) is 2.66. The van der Waals surface area contributed by atoms with Crippen molar-refractivity contribution in [3.05, 3.63) is 66.4 Å². The highest BCUT2D eigenvalue weighted by Gasteiger charge is 2.23. The summed E-state index contributed by atoms with van der Waals surface area (Å²) in [7, 11) is 0. The summed E-state index contributed by atoms with van der Waals surface area (Å²) < 4.78 is 4.07. The van der Waals surface area contributed by atoms with E-state index in [1.54, 1.807) is 0 Å². The average Bonchev–Trinajstić information content (AvgIpc) is 3.49.